The number of aliphatic hydroxyl groups is 1. The Morgan fingerprint density at radius 3 is 2.52 bits per heavy atom. The summed E-state index contributed by atoms with van der Waals surface area (Å²) in [5.74, 6) is -0.00986. The number of rotatable bonds is 7. The van der Waals surface area contributed by atoms with Gasteiger partial charge in [0.25, 0.3) is 0 Å². The van der Waals surface area contributed by atoms with Crippen LogP contribution in [0.3, 0.4) is 0 Å². The van der Waals surface area contributed by atoms with E-state index in [0.717, 1.165) is 12.1 Å². The number of likely N-dealkylation sites (N-methyl/N-ethyl adjacent to an activating group) is 1. The number of amides is 1. The molecule has 0 bridgehead atoms. The molecule has 1 aromatic carbocycles. The van der Waals surface area contributed by atoms with E-state index in [9.17, 15) is 9.90 Å². The highest BCUT2D eigenvalue weighted by Gasteiger charge is 2.25. The Labute approximate surface area is 128 Å². The van der Waals surface area contributed by atoms with Gasteiger partial charge in [0.1, 0.15) is 0 Å². The van der Waals surface area contributed by atoms with E-state index in [1.165, 1.54) is 5.56 Å². The molecule has 118 valence electrons. The average Bonchev–Trinajstić information content (AvgIpc) is 2.41. The molecule has 4 heteroatoms. The number of carbonyl (C=O) groups excluding carboxylic acids is 1. The molecule has 2 N–H and O–H groups in total. The number of nitrogens with zero attached hydrogens (tertiary/aromatic N) is 1. The molecule has 1 unspecified atom stereocenters. The van der Waals surface area contributed by atoms with Crippen molar-refractivity contribution in [2.45, 2.75) is 52.8 Å². The summed E-state index contributed by atoms with van der Waals surface area (Å²) in [4.78, 5) is 14.3. The summed E-state index contributed by atoms with van der Waals surface area (Å²) in [6.45, 7) is 11.2. The van der Waals surface area contributed by atoms with E-state index < -0.39 is 5.60 Å². The number of aryl methyl sites for hydroxylation is 1. The first-order valence-electron chi connectivity index (χ1n) is 7.53. The Morgan fingerprint density at radius 1 is 1.38 bits per heavy atom. The molecule has 0 aliphatic rings. The molecule has 0 saturated heterocycles. The third kappa shape index (κ3) is 5.86. The van der Waals surface area contributed by atoms with E-state index in [-0.39, 0.29) is 11.9 Å². The third-order valence-electron chi connectivity index (χ3n) is 3.64. The lowest BCUT2D eigenvalue weighted by Gasteiger charge is -2.32. The molecule has 1 aromatic rings. The minimum atomic E-state index is -0.805. The molecule has 0 spiro atoms. The van der Waals surface area contributed by atoms with Crippen LogP contribution in [0.15, 0.2) is 24.3 Å². The van der Waals surface area contributed by atoms with Gasteiger partial charge in [-0.15, -0.1) is 0 Å². The van der Waals surface area contributed by atoms with E-state index in [0.29, 0.717) is 13.1 Å². The summed E-state index contributed by atoms with van der Waals surface area (Å²) in [6.07, 6.45) is 0. The lowest BCUT2D eigenvalue weighted by Crippen LogP contribution is -2.49. The van der Waals surface area contributed by atoms with Crippen molar-refractivity contribution in [2.75, 3.05) is 13.1 Å². The maximum absolute atomic E-state index is 12.3. The summed E-state index contributed by atoms with van der Waals surface area (Å²) in [7, 11) is 0. The van der Waals surface area contributed by atoms with Gasteiger partial charge in [-0.2, -0.15) is 0 Å². The highest BCUT2D eigenvalue weighted by Crippen LogP contribution is 2.10. The quantitative estimate of drug-likeness (QED) is 0.809. The second-order valence-electron chi connectivity index (χ2n) is 6.20. The van der Waals surface area contributed by atoms with Crippen molar-refractivity contribution in [1.82, 2.24) is 10.2 Å². The predicted molar refractivity (Wildman–Crippen MR) is 86.0 cm³/mol. The van der Waals surface area contributed by atoms with Crippen LogP contribution in [0.2, 0.25) is 0 Å². The zero-order valence-corrected chi connectivity index (χ0v) is 13.8. The van der Waals surface area contributed by atoms with Crippen molar-refractivity contribution in [3.8, 4) is 0 Å². The number of carbonyl (C=O) groups is 1. The second-order valence-corrected chi connectivity index (χ2v) is 6.20. The lowest BCUT2D eigenvalue weighted by molar-refractivity contribution is -0.127. The molecule has 0 heterocycles. The van der Waals surface area contributed by atoms with Crippen LogP contribution in [0.4, 0.5) is 0 Å². The van der Waals surface area contributed by atoms with Crippen LogP contribution in [-0.2, 0) is 11.3 Å². The average molecular weight is 292 g/mol. The minimum absolute atomic E-state index is 0.00986. The highest BCUT2D eigenvalue weighted by molar-refractivity contribution is 5.81. The Balaban J connectivity index is 2.59. The highest BCUT2D eigenvalue weighted by atomic mass is 16.3. The summed E-state index contributed by atoms with van der Waals surface area (Å²) < 4.78 is 0. The van der Waals surface area contributed by atoms with Gasteiger partial charge in [0.15, 0.2) is 0 Å². The molecule has 0 radical (unpaired) electrons. The zero-order valence-electron chi connectivity index (χ0n) is 13.8. The first kappa shape index (κ1) is 17.7. The molecule has 0 aliphatic heterocycles. The fourth-order valence-electron chi connectivity index (χ4n) is 2.32. The fraction of sp³-hybridized carbons (Fsp3) is 0.588. The van der Waals surface area contributed by atoms with Crippen LogP contribution in [0, 0.1) is 6.92 Å². The van der Waals surface area contributed by atoms with Gasteiger partial charge in [-0.3, -0.25) is 9.69 Å². The summed E-state index contributed by atoms with van der Waals surface area (Å²) in [5, 5.41) is 12.9. The largest absolute Gasteiger partial charge is 0.389 e. The Kier molecular flexibility index (Phi) is 6.37. The first-order chi connectivity index (χ1) is 9.74. The molecular formula is C17H28N2O2. The van der Waals surface area contributed by atoms with Crippen LogP contribution >= 0.6 is 0 Å². The number of benzene rings is 1. The van der Waals surface area contributed by atoms with Crippen LogP contribution in [0.25, 0.3) is 0 Å². The van der Waals surface area contributed by atoms with Gasteiger partial charge in [0.05, 0.1) is 11.6 Å². The minimum Gasteiger partial charge on any atom is -0.389 e. The monoisotopic (exact) mass is 292 g/mol. The summed E-state index contributed by atoms with van der Waals surface area (Å²) >= 11 is 0. The van der Waals surface area contributed by atoms with Crippen molar-refractivity contribution >= 4 is 5.91 Å². The van der Waals surface area contributed by atoms with E-state index in [1.54, 1.807) is 13.8 Å². The Bertz CT molecular complexity index is 466. The van der Waals surface area contributed by atoms with Crippen molar-refractivity contribution in [2.24, 2.45) is 0 Å². The van der Waals surface area contributed by atoms with Gasteiger partial charge in [0.2, 0.25) is 5.91 Å². The van der Waals surface area contributed by atoms with Crippen molar-refractivity contribution in [1.29, 1.82) is 0 Å². The molecule has 0 aromatic heterocycles. The molecule has 21 heavy (non-hydrogen) atoms. The molecule has 0 aliphatic carbocycles. The Morgan fingerprint density at radius 2 is 2.00 bits per heavy atom. The number of hydrogen-bond donors (Lipinski definition) is 2. The zero-order chi connectivity index (χ0) is 16.0. The summed E-state index contributed by atoms with van der Waals surface area (Å²) in [6, 6.07) is 7.77. The van der Waals surface area contributed by atoms with E-state index >= 15 is 0 Å². The standard InChI is InChI=1S/C17H28N2O2/c1-6-19(12-17(4,5)21)14(3)16(20)18-11-15-10-8-7-9-13(15)2/h7-10,14,21H,6,11-12H2,1-5H3,(H,18,20). The normalized spacial score (nSPS) is 13.3. The van der Waals surface area contributed by atoms with E-state index in [2.05, 4.69) is 5.32 Å². The van der Waals surface area contributed by atoms with Gasteiger partial charge >= 0.3 is 0 Å². The number of nitrogens with one attached hydrogen (secondary N) is 1. The van der Waals surface area contributed by atoms with Crippen molar-refractivity contribution in [3.63, 3.8) is 0 Å². The molecular weight excluding hydrogens is 264 g/mol. The van der Waals surface area contributed by atoms with Gasteiger partial charge < -0.3 is 10.4 Å². The van der Waals surface area contributed by atoms with Gasteiger partial charge in [0, 0.05) is 13.1 Å². The van der Waals surface area contributed by atoms with Gasteiger partial charge in [-0.1, -0.05) is 31.2 Å². The number of hydrogen-bond acceptors (Lipinski definition) is 3. The SMILES string of the molecule is CCN(CC(C)(C)O)C(C)C(=O)NCc1ccccc1C. The van der Waals surface area contributed by atoms with Crippen LogP contribution < -0.4 is 5.32 Å². The summed E-state index contributed by atoms with van der Waals surface area (Å²) in [5.41, 5.74) is 1.50. The Hall–Kier alpha value is -1.39. The molecule has 0 fully saturated rings. The molecule has 1 rings (SSSR count). The maximum atomic E-state index is 12.3. The van der Waals surface area contributed by atoms with Crippen molar-refractivity contribution < 1.29 is 9.90 Å². The van der Waals surface area contributed by atoms with Gasteiger partial charge in [-0.25, -0.2) is 0 Å². The molecule has 1 atom stereocenters. The van der Waals surface area contributed by atoms with Crippen LogP contribution in [0.5, 0.6) is 0 Å². The van der Waals surface area contributed by atoms with E-state index in [1.807, 2.05) is 49.9 Å². The lowest BCUT2D eigenvalue weighted by atomic mass is 10.1. The second kappa shape index (κ2) is 7.57. The topological polar surface area (TPSA) is 52.6 Å². The van der Waals surface area contributed by atoms with Gasteiger partial charge in [-0.05, 0) is 45.4 Å². The molecule has 0 saturated carbocycles. The smallest absolute Gasteiger partial charge is 0.237 e. The fourth-order valence-corrected chi connectivity index (χ4v) is 2.32. The third-order valence-corrected chi connectivity index (χ3v) is 3.64. The van der Waals surface area contributed by atoms with E-state index in [4.69, 9.17) is 0 Å². The van der Waals surface area contributed by atoms with Crippen molar-refractivity contribution in [3.05, 3.63) is 35.4 Å². The first-order valence-corrected chi connectivity index (χ1v) is 7.53. The molecule has 4 nitrogen and oxygen atoms in total. The maximum Gasteiger partial charge on any atom is 0.237 e. The molecule has 1 amide bonds. The predicted octanol–water partition coefficient (Wildman–Crippen LogP) is 2.09. The van der Waals surface area contributed by atoms with Crippen LogP contribution in [-0.4, -0.2) is 40.6 Å². The van der Waals surface area contributed by atoms with Crippen LogP contribution in [0.1, 0.15) is 38.8 Å².